The molecular weight excluding hydrogens is 849 g/mol. The second-order valence-corrected chi connectivity index (χ2v) is 22.3. The zero-order chi connectivity index (χ0) is 43.1. The number of amides is 4. The molecule has 0 saturated heterocycles. The number of carbonyl (C=O) groups excluding carboxylic acids is 4. The highest BCUT2D eigenvalue weighted by molar-refractivity contribution is 7.89. The van der Waals surface area contributed by atoms with Gasteiger partial charge in [0.15, 0.2) is 10.0 Å². The predicted molar refractivity (Wildman–Crippen MR) is 229 cm³/mol. The predicted octanol–water partition coefficient (Wildman–Crippen LogP) is 3.10. The van der Waals surface area contributed by atoms with Gasteiger partial charge in [0.25, 0.3) is 23.6 Å². The molecule has 0 unspecified atom stereocenters. The zero-order valence-electron chi connectivity index (χ0n) is 34.1. The van der Waals surface area contributed by atoms with Gasteiger partial charge in [-0.2, -0.15) is 0 Å². The topological polar surface area (TPSA) is 199 Å². The van der Waals surface area contributed by atoms with Crippen LogP contribution in [0.1, 0.15) is 79.6 Å². The molecular formula is C40H46N8O8S4. The summed E-state index contributed by atoms with van der Waals surface area (Å²) < 4.78 is 51.2. The number of benzene rings is 2. The molecule has 0 saturated carbocycles. The van der Waals surface area contributed by atoms with Gasteiger partial charge in [0.1, 0.15) is 0 Å². The number of sulfonamides is 2. The molecule has 0 radical (unpaired) electrons. The van der Waals surface area contributed by atoms with Crippen LogP contribution in [0.2, 0.25) is 0 Å². The molecule has 4 amide bonds. The maximum Gasteiger partial charge on any atom is 0.287 e. The summed E-state index contributed by atoms with van der Waals surface area (Å²) in [5, 5.41) is 0.733. The van der Waals surface area contributed by atoms with E-state index in [1.54, 1.807) is 37.5 Å². The van der Waals surface area contributed by atoms with Crippen LogP contribution in [0.5, 0.6) is 0 Å². The average Bonchev–Trinajstić information content (AvgIpc) is 3.99. The van der Waals surface area contributed by atoms with Crippen molar-refractivity contribution >= 4 is 77.7 Å². The van der Waals surface area contributed by atoms with Crippen molar-refractivity contribution in [3.8, 4) is 11.1 Å². The summed E-state index contributed by atoms with van der Waals surface area (Å²) in [4.78, 5) is 72.5. The van der Waals surface area contributed by atoms with Gasteiger partial charge in [-0.1, -0.05) is 24.3 Å². The monoisotopic (exact) mass is 894 g/mol. The Morgan fingerprint density at radius 1 is 0.600 bits per heavy atom. The Morgan fingerprint density at radius 3 is 1.35 bits per heavy atom. The second-order valence-electron chi connectivity index (χ2n) is 16.7. The Labute approximate surface area is 357 Å². The van der Waals surface area contributed by atoms with Gasteiger partial charge in [-0.3, -0.25) is 38.4 Å². The number of nitrogens with zero attached hydrogens (tertiary/aromatic N) is 6. The van der Waals surface area contributed by atoms with Crippen LogP contribution >= 0.6 is 22.7 Å². The number of anilines is 2. The van der Waals surface area contributed by atoms with Crippen molar-refractivity contribution < 1.29 is 36.0 Å². The fourth-order valence-electron chi connectivity index (χ4n) is 8.43. The fraction of sp³-hybridized carbons (Fsp3) is 0.450. The molecule has 0 aliphatic carbocycles. The molecule has 2 aromatic carbocycles. The van der Waals surface area contributed by atoms with E-state index >= 15 is 0 Å². The lowest BCUT2D eigenvalue weighted by Gasteiger charge is -2.38. The van der Waals surface area contributed by atoms with E-state index in [1.807, 2.05) is 34.1 Å². The van der Waals surface area contributed by atoms with Gasteiger partial charge < -0.3 is 9.80 Å². The minimum absolute atomic E-state index is 0.198. The number of rotatable bonds is 9. The van der Waals surface area contributed by atoms with Crippen LogP contribution < -0.4 is 19.2 Å². The van der Waals surface area contributed by atoms with Crippen molar-refractivity contribution in [1.82, 2.24) is 29.2 Å². The van der Waals surface area contributed by atoms with Crippen LogP contribution in [0, 0.1) is 0 Å². The zero-order valence-corrected chi connectivity index (χ0v) is 37.4. The van der Waals surface area contributed by atoms with E-state index in [2.05, 4.69) is 21.6 Å². The van der Waals surface area contributed by atoms with E-state index in [1.165, 1.54) is 22.7 Å². The molecule has 2 N–H and O–H groups in total. The number of hydrogen-bond acceptors (Lipinski definition) is 14. The summed E-state index contributed by atoms with van der Waals surface area (Å²) in [6.45, 7) is 9.38. The molecule has 8 rings (SSSR count). The van der Waals surface area contributed by atoms with E-state index in [0.29, 0.717) is 75.0 Å². The summed E-state index contributed by atoms with van der Waals surface area (Å²) in [7, 11) is -7.45. The smallest absolute Gasteiger partial charge is 0.287 e. The van der Waals surface area contributed by atoms with E-state index in [-0.39, 0.29) is 11.8 Å². The van der Waals surface area contributed by atoms with Crippen molar-refractivity contribution in [2.45, 2.75) is 77.5 Å². The highest BCUT2D eigenvalue weighted by Gasteiger charge is 2.41. The molecule has 6 heterocycles. The van der Waals surface area contributed by atoms with Crippen LogP contribution in [-0.2, 0) is 68.4 Å². The first-order valence-corrected chi connectivity index (χ1v) is 24.9. The average molecular weight is 895 g/mol. The van der Waals surface area contributed by atoms with Crippen molar-refractivity contribution in [3.05, 3.63) is 78.7 Å². The molecule has 20 heteroatoms. The minimum Gasteiger partial charge on any atom is -0.306 e. The molecule has 0 fully saturated rings. The molecule has 4 aliphatic heterocycles. The van der Waals surface area contributed by atoms with Crippen LogP contribution in [0.3, 0.4) is 0 Å². The van der Waals surface area contributed by atoms with Gasteiger partial charge in [-0.05, 0) is 74.9 Å². The maximum atomic E-state index is 14.1. The first-order valence-electron chi connectivity index (χ1n) is 19.5. The normalized spacial score (nSPS) is 17.2. The largest absolute Gasteiger partial charge is 0.306 e. The molecule has 0 atom stereocenters. The number of thiazole rings is 2. The van der Waals surface area contributed by atoms with Crippen LogP contribution in [0.25, 0.3) is 11.1 Å². The molecule has 2 aromatic heterocycles. The summed E-state index contributed by atoms with van der Waals surface area (Å²) >= 11 is 2.61. The number of carbonyl (C=O) groups is 4. The number of nitrogens with one attached hydrogen (secondary N) is 2. The standard InChI is InChI=1S/C40H46N8O8S4/c1-39(2,37(51)43-59(5,53)54)45-17-15-27-31(21-45)57-33(41-27)35(49)47-19-13-25-23(9-7-11-29(25)47)24-10-8-12-30-26(24)14-20-48(30)36(50)34-42-28-16-18-46(22-32(28)58-34)40(3,4)38(52)44-60(6,55)56/h7-12H,13-22H2,1-6H3,(H,43,51)(H,44,52). The first kappa shape index (κ1) is 42.1. The molecule has 60 heavy (non-hydrogen) atoms. The quantitative estimate of drug-likeness (QED) is 0.249. The van der Waals surface area contributed by atoms with Gasteiger partial charge in [0.2, 0.25) is 20.0 Å². The maximum absolute atomic E-state index is 14.1. The van der Waals surface area contributed by atoms with E-state index in [4.69, 9.17) is 9.97 Å². The summed E-state index contributed by atoms with van der Waals surface area (Å²) in [5.74, 6) is -1.62. The van der Waals surface area contributed by atoms with Crippen LogP contribution in [-0.4, -0.2) is 110 Å². The van der Waals surface area contributed by atoms with Crippen molar-refractivity contribution in [2.24, 2.45) is 0 Å². The molecule has 4 aliphatic rings. The Kier molecular flexibility index (Phi) is 10.6. The highest BCUT2D eigenvalue weighted by Crippen LogP contribution is 2.43. The third-order valence-electron chi connectivity index (χ3n) is 11.9. The molecule has 16 nitrogen and oxygen atoms in total. The lowest BCUT2D eigenvalue weighted by molar-refractivity contribution is -0.131. The SMILES string of the molecule is CC(C)(C(=O)NS(C)(=O)=O)N1CCc2nc(C(=O)N3CCc4c(-c5cccc6c5CCN6C(=O)c5nc6c(s5)CN(C(C)(C)C(=O)NS(C)(=O)=O)CC6)cccc43)sc2C1. The number of fused-ring (bicyclic) bond motifs is 4. The Bertz CT molecular complexity index is 2520. The molecule has 318 valence electrons. The summed E-state index contributed by atoms with van der Waals surface area (Å²) in [5.41, 5.74) is 5.14. The minimum atomic E-state index is -3.72. The van der Waals surface area contributed by atoms with Gasteiger partial charge >= 0.3 is 0 Å². The lowest BCUT2D eigenvalue weighted by Crippen LogP contribution is -2.56. The lowest BCUT2D eigenvalue weighted by atomic mass is 9.93. The number of hydrogen-bond donors (Lipinski definition) is 2. The van der Waals surface area contributed by atoms with Gasteiger partial charge in [-0.15, -0.1) is 22.7 Å². The first-order chi connectivity index (χ1) is 28.1. The van der Waals surface area contributed by atoms with E-state index < -0.39 is 42.9 Å². The Morgan fingerprint density at radius 2 is 0.983 bits per heavy atom. The van der Waals surface area contributed by atoms with E-state index in [0.717, 1.165) is 67.3 Å². The Balaban J connectivity index is 0.989. The van der Waals surface area contributed by atoms with Crippen molar-refractivity contribution in [2.75, 3.05) is 48.5 Å². The van der Waals surface area contributed by atoms with Gasteiger partial charge in [0, 0.05) is 73.2 Å². The molecule has 0 bridgehead atoms. The van der Waals surface area contributed by atoms with Crippen molar-refractivity contribution in [3.63, 3.8) is 0 Å². The Hall–Kier alpha value is -4.60. The van der Waals surface area contributed by atoms with Crippen LogP contribution in [0.15, 0.2) is 36.4 Å². The van der Waals surface area contributed by atoms with Gasteiger partial charge in [0.05, 0.1) is 35.0 Å². The summed E-state index contributed by atoms with van der Waals surface area (Å²) in [6.07, 6.45) is 4.22. The van der Waals surface area contributed by atoms with E-state index in [9.17, 15) is 36.0 Å². The second kappa shape index (κ2) is 15.1. The molecule has 4 aromatic rings. The fourth-order valence-corrected chi connectivity index (χ4v) is 11.7. The van der Waals surface area contributed by atoms with Gasteiger partial charge in [-0.25, -0.2) is 26.8 Å². The summed E-state index contributed by atoms with van der Waals surface area (Å²) in [6, 6.07) is 11.9. The van der Waals surface area contributed by atoms with Crippen molar-refractivity contribution in [1.29, 1.82) is 0 Å². The number of aromatic nitrogens is 2. The highest BCUT2D eigenvalue weighted by atomic mass is 32.2. The third-order valence-corrected chi connectivity index (χ3v) is 15.2. The third kappa shape index (κ3) is 7.77. The molecule has 0 spiro atoms. The van der Waals surface area contributed by atoms with Crippen LogP contribution in [0.4, 0.5) is 11.4 Å².